The highest BCUT2D eigenvalue weighted by Gasteiger charge is 2.39. The minimum absolute atomic E-state index is 0.0218. The molecule has 0 amide bonds. The molecular formula is C15H17NO7. The monoisotopic (exact) mass is 323 g/mol. The molecule has 8 nitrogen and oxygen atoms in total. The van der Waals surface area contributed by atoms with Crippen molar-refractivity contribution < 1.29 is 33.4 Å². The molecule has 0 bridgehead atoms. The maximum atomic E-state index is 12.5. The van der Waals surface area contributed by atoms with Crippen molar-refractivity contribution in [1.82, 2.24) is 4.98 Å². The topological polar surface area (TPSA) is 112 Å². The number of aromatic nitrogens is 1. The van der Waals surface area contributed by atoms with E-state index in [9.17, 15) is 19.2 Å². The highest BCUT2D eigenvalue weighted by molar-refractivity contribution is 6.17. The van der Waals surface area contributed by atoms with Crippen LogP contribution in [0.4, 0.5) is 0 Å². The second-order valence-corrected chi connectivity index (χ2v) is 4.95. The average molecular weight is 323 g/mol. The van der Waals surface area contributed by atoms with Crippen molar-refractivity contribution in [2.75, 3.05) is 13.7 Å². The molecule has 1 heterocycles. The lowest BCUT2D eigenvalue weighted by molar-refractivity contribution is -0.142. The Kier molecular flexibility index (Phi) is 4.95. The Morgan fingerprint density at radius 1 is 1.26 bits per heavy atom. The summed E-state index contributed by atoms with van der Waals surface area (Å²) in [6.07, 6.45) is -1.03. The third kappa shape index (κ3) is 3.16. The molecule has 0 spiro atoms. The summed E-state index contributed by atoms with van der Waals surface area (Å²) in [5.41, 5.74) is 0.121. The Labute approximate surface area is 132 Å². The molecule has 1 N–H and O–H groups in total. The molecular weight excluding hydrogens is 306 g/mol. The van der Waals surface area contributed by atoms with Crippen LogP contribution in [0.5, 0.6) is 0 Å². The quantitative estimate of drug-likeness (QED) is 0.806. The van der Waals surface area contributed by atoms with Crippen molar-refractivity contribution in [1.29, 1.82) is 0 Å². The highest BCUT2D eigenvalue weighted by Crippen LogP contribution is 2.29. The van der Waals surface area contributed by atoms with Crippen LogP contribution >= 0.6 is 0 Å². The van der Waals surface area contributed by atoms with E-state index in [0.29, 0.717) is 0 Å². The van der Waals surface area contributed by atoms with E-state index in [-0.39, 0.29) is 47.9 Å². The number of carbonyl (C=O) groups excluding carboxylic acids is 4. The van der Waals surface area contributed by atoms with E-state index in [2.05, 4.69) is 4.98 Å². The third-order valence-corrected chi connectivity index (χ3v) is 3.48. The molecule has 1 unspecified atom stereocenters. The van der Waals surface area contributed by atoms with E-state index in [1.54, 1.807) is 6.92 Å². The number of carbonyl (C=O) groups is 4. The molecule has 23 heavy (non-hydrogen) atoms. The normalized spacial score (nSPS) is 16.9. The zero-order valence-electron chi connectivity index (χ0n) is 13.1. The molecule has 124 valence electrons. The van der Waals surface area contributed by atoms with Crippen LogP contribution in [-0.4, -0.2) is 48.3 Å². The van der Waals surface area contributed by atoms with Gasteiger partial charge in [0.05, 0.1) is 17.9 Å². The summed E-state index contributed by atoms with van der Waals surface area (Å²) in [6.45, 7) is 2.64. The summed E-state index contributed by atoms with van der Waals surface area (Å²) in [6, 6.07) is 0. The lowest BCUT2D eigenvalue weighted by Gasteiger charge is -2.19. The number of hydrogen-bond acceptors (Lipinski definition) is 7. The molecule has 8 heteroatoms. The van der Waals surface area contributed by atoms with Gasteiger partial charge in [-0.3, -0.25) is 14.4 Å². The van der Waals surface area contributed by atoms with E-state index in [0.717, 1.165) is 0 Å². The van der Waals surface area contributed by atoms with Crippen molar-refractivity contribution in [3.8, 4) is 0 Å². The Morgan fingerprint density at radius 2 is 1.96 bits per heavy atom. The average Bonchev–Trinajstić information content (AvgIpc) is 2.89. The minimum Gasteiger partial charge on any atom is -0.461 e. The van der Waals surface area contributed by atoms with Crippen LogP contribution in [-0.2, 0) is 25.6 Å². The molecule has 1 aliphatic rings. The number of fused-ring (bicyclic) bond motifs is 1. The second-order valence-electron chi connectivity index (χ2n) is 4.95. The summed E-state index contributed by atoms with van der Waals surface area (Å²) < 4.78 is 14.8. The standard InChI is InChI=1S/C15H17NO7/c1-4-22-15(20)12-8(6-23-7(2)17)11-13(16-12)9(18)5-10(21-3)14(11)19/h10,16H,4-6H2,1-3H3. The highest BCUT2D eigenvalue weighted by atomic mass is 16.5. The first kappa shape index (κ1) is 16.9. The SMILES string of the molecule is CCOC(=O)c1[nH]c2c(c1COC(C)=O)C(=O)C(OC)CC2=O. The number of methoxy groups -OCH3 is 1. The molecule has 0 saturated heterocycles. The third-order valence-electron chi connectivity index (χ3n) is 3.48. The molecule has 0 radical (unpaired) electrons. The number of nitrogens with one attached hydrogen (secondary N) is 1. The van der Waals surface area contributed by atoms with Gasteiger partial charge in [0, 0.05) is 26.0 Å². The molecule has 2 rings (SSSR count). The van der Waals surface area contributed by atoms with E-state index in [4.69, 9.17) is 14.2 Å². The van der Waals surface area contributed by atoms with E-state index < -0.39 is 23.8 Å². The van der Waals surface area contributed by atoms with Gasteiger partial charge in [-0.1, -0.05) is 0 Å². The number of H-pyrrole nitrogens is 1. The first-order valence-corrected chi connectivity index (χ1v) is 7.06. The maximum absolute atomic E-state index is 12.5. The minimum atomic E-state index is -0.920. The maximum Gasteiger partial charge on any atom is 0.355 e. The Morgan fingerprint density at radius 3 is 2.52 bits per heavy atom. The first-order chi connectivity index (χ1) is 10.9. The van der Waals surface area contributed by atoms with Crippen molar-refractivity contribution in [2.45, 2.75) is 33.0 Å². The second kappa shape index (κ2) is 6.74. The van der Waals surface area contributed by atoms with Crippen molar-refractivity contribution in [2.24, 2.45) is 0 Å². The molecule has 1 aliphatic carbocycles. The fourth-order valence-corrected chi connectivity index (χ4v) is 2.43. The van der Waals surface area contributed by atoms with Gasteiger partial charge < -0.3 is 19.2 Å². The summed E-state index contributed by atoms with van der Waals surface area (Å²) in [5.74, 6) is -2.09. The number of esters is 2. The predicted octanol–water partition coefficient (Wildman–Crippen LogP) is 1.04. The summed E-state index contributed by atoms with van der Waals surface area (Å²) in [4.78, 5) is 50.4. The summed E-state index contributed by atoms with van der Waals surface area (Å²) in [5, 5.41) is 0. The molecule has 0 fully saturated rings. The Balaban J connectivity index is 2.55. The van der Waals surface area contributed by atoms with Crippen molar-refractivity contribution in [3.05, 3.63) is 22.5 Å². The number of aromatic amines is 1. The summed E-state index contributed by atoms with van der Waals surface area (Å²) >= 11 is 0. The largest absolute Gasteiger partial charge is 0.461 e. The lowest BCUT2D eigenvalue weighted by Crippen LogP contribution is -2.33. The zero-order chi connectivity index (χ0) is 17.1. The van der Waals surface area contributed by atoms with Crippen molar-refractivity contribution >= 4 is 23.5 Å². The van der Waals surface area contributed by atoms with Crippen LogP contribution in [0.25, 0.3) is 0 Å². The number of rotatable bonds is 5. The summed E-state index contributed by atoms with van der Waals surface area (Å²) in [7, 11) is 1.32. The molecule has 1 atom stereocenters. The first-order valence-electron chi connectivity index (χ1n) is 7.06. The zero-order valence-corrected chi connectivity index (χ0v) is 13.1. The van der Waals surface area contributed by atoms with Crippen LogP contribution in [0.1, 0.15) is 57.2 Å². The van der Waals surface area contributed by atoms with Crippen LogP contribution in [0.15, 0.2) is 0 Å². The smallest absolute Gasteiger partial charge is 0.355 e. The Hall–Kier alpha value is -2.48. The molecule has 1 aromatic heterocycles. The number of hydrogen-bond donors (Lipinski definition) is 1. The van der Waals surface area contributed by atoms with Gasteiger partial charge in [0.2, 0.25) is 0 Å². The van der Waals surface area contributed by atoms with Crippen LogP contribution in [0.3, 0.4) is 0 Å². The molecule has 0 saturated carbocycles. The molecule has 0 aliphatic heterocycles. The van der Waals surface area contributed by atoms with Gasteiger partial charge in [-0.15, -0.1) is 0 Å². The lowest BCUT2D eigenvalue weighted by atomic mass is 9.90. The van der Waals surface area contributed by atoms with E-state index in [1.165, 1.54) is 14.0 Å². The Bertz CT molecular complexity index is 674. The van der Waals surface area contributed by atoms with Crippen molar-refractivity contribution in [3.63, 3.8) is 0 Å². The van der Waals surface area contributed by atoms with Gasteiger partial charge in [0.25, 0.3) is 0 Å². The van der Waals surface area contributed by atoms with Crippen LogP contribution in [0.2, 0.25) is 0 Å². The molecule has 0 aromatic carbocycles. The number of Topliss-reactive ketones (excluding diaryl/α,β-unsaturated/α-hetero) is 2. The van der Waals surface area contributed by atoms with E-state index in [1.807, 2.05) is 0 Å². The molecule has 1 aromatic rings. The van der Waals surface area contributed by atoms with E-state index >= 15 is 0 Å². The number of ketones is 2. The van der Waals surface area contributed by atoms with Gasteiger partial charge in [0.15, 0.2) is 11.6 Å². The van der Waals surface area contributed by atoms with Crippen LogP contribution < -0.4 is 0 Å². The van der Waals surface area contributed by atoms with Gasteiger partial charge in [-0.25, -0.2) is 4.79 Å². The van der Waals surface area contributed by atoms with Gasteiger partial charge in [0.1, 0.15) is 18.4 Å². The van der Waals surface area contributed by atoms with Gasteiger partial charge in [-0.05, 0) is 6.92 Å². The van der Waals surface area contributed by atoms with Gasteiger partial charge in [-0.2, -0.15) is 0 Å². The fourth-order valence-electron chi connectivity index (χ4n) is 2.43. The van der Waals surface area contributed by atoms with Gasteiger partial charge >= 0.3 is 11.9 Å². The fraction of sp³-hybridized carbons (Fsp3) is 0.467. The number of ether oxygens (including phenoxy) is 3. The predicted molar refractivity (Wildman–Crippen MR) is 76.3 cm³/mol. The van der Waals surface area contributed by atoms with Crippen LogP contribution in [0, 0.1) is 0 Å².